The highest BCUT2D eigenvalue weighted by molar-refractivity contribution is 8.18. The quantitative estimate of drug-likeness (QED) is 0.518. The number of amides is 1. The van der Waals surface area contributed by atoms with Crippen molar-refractivity contribution in [3.05, 3.63) is 76.9 Å². The van der Waals surface area contributed by atoms with Crippen LogP contribution in [0.2, 0.25) is 0 Å². The second-order valence-electron chi connectivity index (χ2n) is 5.83. The number of allylic oxidation sites excluding steroid dienone is 2. The van der Waals surface area contributed by atoms with Crippen LogP contribution in [0, 0.1) is 0 Å². The predicted molar refractivity (Wildman–Crippen MR) is 115 cm³/mol. The van der Waals surface area contributed by atoms with Crippen LogP contribution in [0.1, 0.15) is 12.7 Å². The van der Waals surface area contributed by atoms with Gasteiger partial charge in [-0.3, -0.25) is 9.69 Å². The van der Waals surface area contributed by atoms with Gasteiger partial charge in [0.05, 0.1) is 16.9 Å². The highest BCUT2D eigenvalue weighted by Crippen LogP contribution is 2.34. The van der Waals surface area contributed by atoms with Crippen molar-refractivity contribution in [2.75, 3.05) is 6.54 Å². The molecule has 0 saturated carbocycles. The molecule has 0 atom stereocenters. The van der Waals surface area contributed by atoms with Gasteiger partial charge in [0.15, 0.2) is 5.17 Å². The lowest BCUT2D eigenvalue weighted by Gasteiger charge is -2.11. The maximum Gasteiger partial charge on any atom is 0.266 e. The van der Waals surface area contributed by atoms with Gasteiger partial charge >= 0.3 is 0 Å². The average Bonchev–Trinajstić information content (AvgIpc) is 3.45. The maximum atomic E-state index is 12.6. The minimum atomic E-state index is -0.0461. The number of aromatic nitrogens is 1. The van der Waals surface area contributed by atoms with E-state index in [0.29, 0.717) is 21.7 Å². The number of hydrogen-bond acceptors (Lipinski definition) is 6. The van der Waals surface area contributed by atoms with Crippen LogP contribution in [0.4, 0.5) is 5.13 Å². The van der Waals surface area contributed by atoms with E-state index in [0.717, 1.165) is 17.0 Å². The van der Waals surface area contributed by atoms with E-state index in [2.05, 4.69) is 9.98 Å². The van der Waals surface area contributed by atoms with Gasteiger partial charge in [-0.05, 0) is 43.0 Å². The van der Waals surface area contributed by atoms with Crippen molar-refractivity contribution in [1.29, 1.82) is 0 Å². The van der Waals surface area contributed by atoms with Gasteiger partial charge in [0, 0.05) is 17.5 Å². The highest BCUT2D eigenvalue weighted by Gasteiger charge is 2.32. The molecule has 5 nitrogen and oxygen atoms in total. The number of nitrogens with zero attached hydrogens (tertiary/aromatic N) is 3. The van der Waals surface area contributed by atoms with Gasteiger partial charge in [-0.2, -0.15) is 4.99 Å². The summed E-state index contributed by atoms with van der Waals surface area (Å²) in [5.41, 5.74) is 1.94. The molecule has 0 aliphatic carbocycles. The van der Waals surface area contributed by atoms with Crippen molar-refractivity contribution in [2.45, 2.75) is 6.92 Å². The van der Waals surface area contributed by atoms with Crippen molar-refractivity contribution >= 4 is 45.4 Å². The van der Waals surface area contributed by atoms with E-state index < -0.39 is 0 Å². The zero-order valence-corrected chi connectivity index (χ0v) is 16.7. The van der Waals surface area contributed by atoms with Crippen molar-refractivity contribution in [3.63, 3.8) is 0 Å². The molecule has 1 saturated heterocycles. The summed E-state index contributed by atoms with van der Waals surface area (Å²) >= 11 is 2.83. The monoisotopic (exact) mass is 407 g/mol. The number of aliphatic imine (C=N–C) groups is 1. The smallest absolute Gasteiger partial charge is 0.266 e. The standard InChI is InChI=1S/C21H17N3O2S2/c1-2-24-19(25)18(12-6-10-16-11-7-13-26-16)28-21(24)23-20-22-17(14-27-20)15-8-4-3-5-9-15/h3-14H,2H2,1H3/b10-6+,18-12+,23-21+. The Kier molecular flexibility index (Phi) is 5.55. The Labute approximate surface area is 171 Å². The van der Waals surface area contributed by atoms with E-state index in [1.807, 2.05) is 66.9 Å². The Balaban J connectivity index is 1.55. The largest absolute Gasteiger partial charge is 0.465 e. The third-order valence-electron chi connectivity index (χ3n) is 4.01. The number of furan rings is 1. The minimum absolute atomic E-state index is 0.0461. The highest BCUT2D eigenvalue weighted by atomic mass is 32.2. The molecular formula is C21H17N3O2S2. The van der Waals surface area contributed by atoms with Crippen LogP contribution in [0.25, 0.3) is 17.3 Å². The zero-order valence-electron chi connectivity index (χ0n) is 15.1. The first-order valence-corrected chi connectivity index (χ1v) is 10.5. The third-order valence-corrected chi connectivity index (χ3v) is 5.77. The van der Waals surface area contributed by atoms with Crippen LogP contribution < -0.4 is 0 Å². The first kappa shape index (κ1) is 18.5. The zero-order chi connectivity index (χ0) is 19.3. The van der Waals surface area contributed by atoms with Crippen LogP contribution in [-0.2, 0) is 4.79 Å². The summed E-state index contributed by atoms with van der Waals surface area (Å²) in [4.78, 5) is 24.1. The summed E-state index contributed by atoms with van der Waals surface area (Å²) in [5.74, 6) is 0.694. The number of carbonyl (C=O) groups excluding carboxylic acids is 1. The molecule has 140 valence electrons. The van der Waals surface area contributed by atoms with Crippen molar-refractivity contribution in [1.82, 2.24) is 9.88 Å². The van der Waals surface area contributed by atoms with E-state index in [9.17, 15) is 4.79 Å². The van der Waals surface area contributed by atoms with Gasteiger partial charge in [-0.1, -0.05) is 36.4 Å². The number of likely N-dealkylation sites (N-methyl/N-ethyl adjacent to an activating group) is 1. The van der Waals surface area contributed by atoms with Gasteiger partial charge in [0.1, 0.15) is 5.76 Å². The topological polar surface area (TPSA) is 58.7 Å². The number of carbonyl (C=O) groups is 1. The molecule has 0 unspecified atom stereocenters. The van der Waals surface area contributed by atoms with Gasteiger partial charge in [0.2, 0.25) is 5.13 Å². The number of thiazole rings is 1. The van der Waals surface area contributed by atoms with E-state index in [1.165, 1.54) is 23.1 Å². The summed E-state index contributed by atoms with van der Waals surface area (Å²) in [7, 11) is 0. The maximum absolute atomic E-state index is 12.6. The molecular weight excluding hydrogens is 390 g/mol. The Morgan fingerprint density at radius 3 is 2.82 bits per heavy atom. The second-order valence-corrected chi connectivity index (χ2v) is 7.68. The van der Waals surface area contributed by atoms with E-state index in [-0.39, 0.29) is 5.91 Å². The summed E-state index contributed by atoms with van der Waals surface area (Å²) in [5, 5.41) is 3.27. The van der Waals surface area contributed by atoms with Gasteiger partial charge in [-0.15, -0.1) is 11.3 Å². The molecule has 2 aromatic heterocycles. The van der Waals surface area contributed by atoms with Crippen molar-refractivity contribution in [2.24, 2.45) is 4.99 Å². The molecule has 7 heteroatoms. The number of benzene rings is 1. The Hall–Kier alpha value is -2.90. The fourth-order valence-corrected chi connectivity index (χ4v) is 4.39. The van der Waals surface area contributed by atoms with Crippen LogP contribution in [-0.4, -0.2) is 27.5 Å². The molecule has 0 radical (unpaired) electrons. The lowest BCUT2D eigenvalue weighted by molar-refractivity contribution is -0.122. The molecule has 4 rings (SSSR count). The summed E-state index contributed by atoms with van der Waals surface area (Å²) in [6.45, 7) is 2.49. The molecule has 0 spiro atoms. The molecule has 3 heterocycles. The third kappa shape index (κ3) is 4.00. The first-order valence-electron chi connectivity index (χ1n) is 8.76. The van der Waals surface area contributed by atoms with Gasteiger partial charge in [-0.25, -0.2) is 4.98 Å². The molecule has 28 heavy (non-hydrogen) atoms. The predicted octanol–water partition coefficient (Wildman–Crippen LogP) is 5.58. The fourth-order valence-electron chi connectivity index (χ4n) is 2.64. The molecule has 1 aliphatic rings. The molecule has 1 fully saturated rings. The van der Waals surface area contributed by atoms with Crippen LogP contribution in [0.5, 0.6) is 0 Å². The SMILES string of the molecule is CCN1C(=O)/C(=C\C=C\c2ccco2)S/C1=N/c1nc(-c2ccccc2)cs1. The molecule has 0 N–H and O–H groups in total. The van der Waals surface area contributed by atoms with E-state index >= 15 is 0 Å². The first-order chi connectivity index (χ1) is 13.7. The van der Waals surface area contributed by atoms with E-state index in [4.69, 9.17) is 4.42 Å². The minimum Gasteiger partial charge on any atom is -0.465 e. The number of rotatable bonds is 5. The number of hydrogen-bond donors (Lipinski definition) is 0. The Bertz CT molecular complexity index is 1050. The molecule has 1 amide bonds. The Morgan fingerprint density at radius 1 is 1.21 bits per heavy atom. The molecule has 3 aromatic rings. The van der Waals surface area contributed by atoms with Crippen LogP contribution >= 0.6 is 23.1 Å². The lowest BCUT2D eigenvalue weighted by atomic mass is 10.2. The molecule has 0 bridgehead atoms. The summed E-state index contributed by atoms with van der Waals surface area (Å²) in [6, 6.07) is 13.7. The van der Waals surface area contributed by atoms with Crippen LogP contribution in [0.3, 0.4) is 0 Å². The number of amidine groups is 1. The van der Waals surface area contributed by atoms with Crippen LogP contribution in [0.15, 0.2) is 80.6 Å². The normalized spacial score (nSPS) is 17.5. The van der Waals surface area contributed by atoms with E-state index in [1.54, 1.807) is 17.2 Å². The summed E-state index contributed by atoms with van der Waals surface area (Å²) in [6.07, 6.45) is 7.04. The van der Waals surface area contributed by atoms with Gasteiger partial charge in [0.25, 0.3) is 5.91 Å². The molecule has 1 aliphatic heterocycles. The lowest BCUT2D eigenvalue weighted by Crippen LogP contribution is -2.28. The summed E-state index contributed by atoms with van der Waals surface area (Å²) < 4.78 is 5.26. The fraction of sp³-hybridized carbons (Fsp3) is 0.0952. The van der Waals surface area contributed by atoms with Gasteiger partial charge < -0.3 is 4.42 Å². The average molecular weight is 408 g/mol. The second kappa shape index (κ2) is 8.41. The molecule has 1 aromatic carbocycles. The van der Waals surface area contributed by atoms with Crippen molar-refractivity contribution < 1.29 is 9.21 Å². The number of thioether (sulfide) groups is 1. The Morgan fingerprint density at radius 2 is 2.07 bits per heavy atom. The van der Waals surface area contributed by atoms with Crippen molar-refractivity contribution in [3.8, 4) is 11.3 Å².